The molecule has 3 heterocycles. The molecular weight excluding hydrogens is 370 g/mol. The first-order valence-electron chi connectivity index (χ1n) is 10.0. The Bertz CT molecular complexity index is 710. The molecule has 28 heavy (non-hydrogen) atoms. The van der Waals surface area contributed by atoms with Crippen molar-refractivity contribution in [2.24, 2.45) is 5.92 Å². The van der Waals surface area contributed by atoms with Gasteiger partial charge in [-0.1, -0.05) is 0 Å². The minimum absolute atomic E-state index is 0.00163. The van der Waals surface area contributed by atoms with Gasteiger partial charge in [0.1, 0.15) is 25.1 Å². The van der Waals surface area contributed by atoms with Crippen molar-refractivity contribution in [1.82, 2.24) is 9.80 Å². The number of hydrogen-bond acceptors (Lipinski definition) is 5. The maximum Gasteiger partial charge on any atom is 0.409 e. The third kappa shape index (κ3) is 4.48. The lowest BCUT2D eigenvalue weighted by Crippen LogP contribution is -2.44. The number of piperidine rings is 1. The number of nitrogens with zero attached hydrogens (tertiary/aromatic N) is 2. The molecule has 0 spiro atoms. The number of fused-ring (bicyclic) bond motifs is 1. The minimum Gasteiger partial charge on any atom is -0.483 e. The standard InChI is InChI=1S/C20H26F2N2O4/c21-15-10-17(22)19-18(11-15)28-16(13-27-19)12-23-6-3-14(4-7-23)2-1-5-24-8-9-26-20(24)25/h10-11,14,16H,1-9,12-13H2/t16-/m0/s1. The van der Waals surface area contributed by atoms with Crippen molar-refractivity contribution in [3.8, 4) is 11.5 Å². The van der Waals surface area contributed by atoms with E-state index >= 15 is 0 Å². The van der Waals surface area contributed by atoms with Crippen LogP contribution in [-0.4, -0.2) is 67.9 Å². The number of amides is 1. The van der Waals surface area contributed by atoms with Gasteiger partial charge in [0.25, 0.3) is 0 Å². The third-order valence-corrected chi connectivity index (χ3v) is 5.74. The summed E-state index contributed by atoms with van der Waals surface area (Å²) in [6.07, 6.45) is 3.92. The van der Waals surface area contributed by atoms with Gasteiger partial charge in [0.15, 0.2) is 17.3 Å². The third-order valence-electron chi connectivity index (χ3n) is 5.74. The van der Waals surface area contributed by atoms with Crippen molar-refractivity contribution in [1.29, 1.82) is 0 Å². The largest absolute Gasteiger partial charge is 0.483 e. The van der Waals surface area contributed by atoms with E-state index in [1.165, 1.54) is 6.07 Å². The average Bonchev–Trinajstić information content (AvgIpc) is 3.08. The number of ether oxygens (including phenoxy) is 3. The number of benzene rings is 1. The van der Waals surface area contributed by atoms with Crippen molar-refractivity contribution >= 4 is 6.09 Å². The maximum absolute atomic E-state index is 13.7. The van der Waals surface area contributed by atoms with Crippen LogP contribution in [0.15, 0.2) is 12.1 Å². The molecule has 3 aliphatic heterocycles. The number of hydrogen-bond donors (Lipinski definition) is 0. The number of rotatable bonds is 6. The van der Waals surface area contributed by atoms with Gasteiger partial charge < -0.3 is 19.1 Å². The molecule has 3 aliphatic rings. The molecule has 2 saturated heterocycles. The summed E-state index contributed by atoms with van der Waals surface area (Å²) in [7, 11) is 0. The van der Waals surface area contributed by atoms with E-state index in [1.807, 2.05) is 0 Å². The second-order valence-electron chi connectivity index (χ2n) is 7.75. The summed E-state index contributed by atoms with van der Waals surface area (Å²) in [5.41, 5.74) is 0. The second-order valence-corrected chi connectivity index (χ2v) is 7.75. The molecule has 6 nitrogen and oxygen atoms in total. The Morgan fingerprint density at radius 2 is 1.93 bits per heavy atom. The summed E-state index contributed by atoms with van der Waals surface area (Å²) in [6.45, 7) is 4.89. The van der Waals surface area contributed by atoms with Crippen LogP contribution < -0.4 is 9.47 Å². The first-order chi connectivity index (χ1) is 13.6. The molecule has 1 atom stereocenters. The Morgan fingerprint density at radius 3 is 2.68 bits per heavy atom. The van der Waals surface area contributed by atoms with Gasteiger partial charge in [-0.2, -0.15) is 0 Å². The van der Waals surface area contributed by atoms with Crippen LogP contribution in [0, 0.1) is 17.6 Å². The van der Waals surface area contributed by atoms with Gasteiger partial charge in [-0.05, 0) is 44.7 Å². The van der Waals surface area contributed by atoms with Crippen molar-refractivity contribution in [3.63, 3.8) is 0 Å². The SMILES string of the molecule is O=C1OCCN1CCCC1CCN(C[C@H]2COc3c(F)cc(F)cc3O2)CC1. The fourth-order valence-electron chi connectivity index (χ4n) is 4.19. The van der Waals surface area contributed by atoms with E-state index in [2.05, 4.69) is 4.90 Å². The van der Waals surface area contributed by atoms with E-state index < -0.39 is 11.6 Å². The Labute approximate surface area is 163 Å². The Balaban J connectivity index is 1.18. The molecule has 0 bridgehead atoms. The summed E-state index contributed by atoms with van der Waals surface area (Å²) >= 11 is 0. The normalized spacial score (nSPS) is 23.1. The lowest BCUT2D eigenvalue weighted by molar-refractivity contribution is 0.0441. The molecule has 4 rings (SSSR count). The first-order valence-corrected chi connectivity index (χ1v) is 10.0. The van der Waals surface area contributed by atoms with Crippen molar-refractivity contribution in [2.75, 3.05) is 45.9 Å². The fraction of sp³-hybridized carbons (Fsp3) is 0.650. The van der Waals surface area contributed by atoms with Crippen molar-refractivity contribution < 1.29 is 27.8 Å². The molecule has 8 heteroatoms. The van der Waals surface area contributed by atoms with Gasteiger partial charge in [0.05, 0.1) is 6.54 Å². The van der Waals surface area contributed by atoms with E-state index in [0.717, 1.165) is 51.4 Å². The molecular formula is C20H26F2N2O4. The molecule has 2 fully saturated rings. The maximum atomic E-state index is 13.7. The van der Waals surface area contributed by atoms with E-state index in [0.29, 0.717) is 25.6 Å². The number of likely N-dealkylation sites (tertiary alicyclic amines) is 1. The van der Waals surface area contributed by atoms with Crippen LogP contribution in [0.1, 0.15) is 25.7 Å². The summed E-state index contributed by atoms with van der Waals surface area (Å²) < 4.78 is 43.3. The number of cyclic esters (lactones) is 1. The molecule has 154 valence electrons. The monoisotopic (exact) mass is 396 g/mol. The highest BCUT2D eigenvalue weighted by Gasteiger charge is 2.28. The topological polar surface area (TPSA) is 51.2 Å². The summed E-state index contributed by atoms with van der Waals surface area (Å²) in [5, 5.41) is 0. The van der Waals surface area contributed by atoms with Gasteiger partial charge in [0, 0.05) is 25.2 Å². The molecule has 0 unspecified atom stereocenters. The molecule has 0 aromatic heterocycles. The quantitative estimate of drug-likeness (QED) is 0.740. The van der Waals surface area contributed by atoms with Gasteiger partial charge in [-0.25, -0.2) is 13.6 Å². The van der Waals surface area contributed by atoms with Crippen LogP contribution in [-0.2, 0) is 4.74 Å². The Morgan fingerprint density at radius 1 is 1.11 bits per heavy atom. The van der Waals surface area contributed by atoms with Crippen LogP contribution >= 0.6 is 0 Å². The van der Waals surface area contributed by atoms with Crippen LogP contribution in [0.2, 0.25) is 0 Å². The Kier molecular flexibility index (Phi) is 5.85. The zero-order valence-electron chi connectivity index (χ0n) is 15.9. The summed E-state index contributed by atoms with van der Waals surface area (Å²) in [6, 6.07) is 1.98. The zero-order chi connectivity index (χ0) is 19.5. The van der Waals surface area contributed by atoms with Crippen LogP contribution in [0.3, 0.4) is 0 Å². The molecule has 0 radical (unpaired) electrons. The van der Waals surface area contributed by atoms with Gasteiger partial charge in [-0.15, -0.1) is 0 Å². The summed E-state index contributed by atoms with van der Waals surface area (Å²) in [4.78, 5) is 15.5. The van der Waals surface area contributed by atoms with E-state index in [9.17, 15) is 13.6 Å². The fourth-order valence-corrected chi connectivity index (χ4v) is 4.19. The van der Waals surface area contributed by atoms with Gasteiger partial charge in [-0.3, -0.25) is 4.90 Å². The zero-order valence-corrected chi connectivity index (χ0v) is 15.9. The van der Waals surface area contributed by atoms with Crippen LogP contribution in [0.5, 0.6) is 11.5 Å². The average molecular weight is 396 g/mol. The number of carbonyl (C=O) groups is 1. The molecule has 0 saturated carbocycles. The van der Waals surface area contributed by atoms with E-state index in [1.54, 1.807) is 4.90 Å². The van der Waals surface area contributed by atoms with E-state index in [-0.39, 0.29) is 30.3 Å². The molecule has 1 aromatic carbocycles. The predicted molar refractivity (Wildman–Crippen MR) is 97.6 cm³/mol. The molecule has 0 aliphatic carbocycles. The van der Waals surface area contributed by atoms with Gasteiger partial charge in [0.2, 0.25) is 0 Å². The van der Waals surface area contributed by atoms with Crippen molar-refractivity contribution in [2.45, 2.75) is 31.8 Å². The first kappa shape index (κ1) is 19.2. The predicted octanol–water partition coefficient (Wildman–Crippen LogP) is 3.05. The van der Waals surface area contributed by atoms with Crippen molar-refractivity contribution in [3.05, 3.63) is 23.8 Å². The highest BCUT2D eigenvalue weighted by Crippen LogP contribution is 2.35. The lowest BCUT2D eigenvalue weighted by atomic mass is 9.92. The molecule has 1 amide bonds. The second kappa shape index (κ2) is 8.51. The van der Waals surface area contributed by atoms with Crippen LogP contribution in [0.4, 0.5) is 13.6 Å². The minimum atomic E-state index is -0.726. The van der Waals surface area contributed by atoms with E-state index in [4.69, 9.17) is 14.2 Å². The number of carbonyl (C=O) groups excluding carboxylic acids is 1. The van der Waals surface area contributed by atoms with Gasteiger partial charge >= 0.3 is 6.09 Å². The lowest BCUT2D eigenvalue weighted by Gasteiger charge is -2.35. The number of halogens is 2. The highest BCUT2D eigenvalue weighted by atomic mass is 19.1. The summed E-state index contributed by atoms with van der Waals surface area (Å²) in [5.74, 6) is -0.579. The Hall–Kier alpha value is -2.09. The molecule has 0 N–H and O–H groups in total. The smallest absolute Gasteiger partial charge is 0.409 e. The van der Waals surface area contributed by atoms with Crippen LogP contribution in [0.25, 0.3) is 0 Å². The highest BCUT2D eigenvalue weighted by molar-refractivity contribution is 5.69. The molecule has 1 aromatic rings.